The van der Waals surface area contributed by atoms with Crippen molar-refractivity contribution in [3.05, 3.63) is 36.1 Å². The van der Waals surface area contributed by atoms with Crippen molar-refractivity contribution in [3.63, 3.8) is 0 Å². The summed E-state index contributed by atoms with van der Waals surface area (Å²) in [6.45, 7) is 1.35. The van der Waals surface area contributed by atoms with Crippen LogP contribution in [0.25, 0.3) is 21.7 Å². The minimum absolute atomic E-state index is 0.0855. The first-order chi connectivity index (χ1) is 10.5. The van der Waals surface area contributed by atoms with Gasteiger partial charge in [0.05, 0.1) is 5.39 Å². The molecule has 0 aliphatic carbocycles. The predicted molar refractivity (Wildman–Crippen MR) is 83.1 cm³/mol. The summed E-state index contributed by atoms with van der Waals surface area (Å²) in [5, 5.41) is 14.1. The van der Waals surface area contributed by atoms with Crippen molar-refractivity contribution < 1.29 is 23.8 Å². The molecule has 22 heavy (non-hydrogen) atoms. The molecule has 1 aromatic heterocycles. The number of aromatic hydroxyl groups is 1. The molecule has 0 bridgehead atoms. The topological polar surface area (TPSA) is 88.8 Å². The number of furan rings is 1. The lowest BCUT2D eigenvalue weighted by Crippen LogP contribution is -2.23. The molecule has 3 rings (SSSR count). The van der Waals surface area contributed by atoms with Crippen molar-refractivity contribution in [1.82, 2.24) is 5.23 Å². The Morgan fingerprint density at radius 2 is 1.91 bits per heavy atom. The number of hydrogen-bond acceptors (Lipinski definition) is 5. The normalized spacial score (nSPS) is 10.8. The largest absolute Gasteiger partial charge is 0.504 e. The van der Waals surface area contributed by atoms with E-state index in [0.717, 1.165) is 0 Å². The van der Waals surface area contributed by atoms with Crippen molar-refractivity contribution in [2.24, 2.45) is 0 Å². The van der Waals surface area contributed by atoms with Crippen molar-refractivity contribution in [1.29, 1.82) is 0 Å². The van der Waals surface area contributed by atoms with E-state index in [-0.39, 0.29) is 28.6 Å². The second-order valence-corrected chi connectivity index (χ2v) is 4.77. The molecular weight excluding hydrogens is 285 g/mol. The van der Waals surface area contributed by atoms with Gasteiger partial charge in [0.15, 0.2) is 28.6 Å². The van der Waals surface area contributed by atoms with Crippen LogP contribution in [0.2, 0.25) is 0 Å². The van der Waals surface area contributed by atoms with E-state index in [1.54, 1.807) is 24.3 Å². The molecule has 1 amide bonds. The van der Waals surface area contributed by atoms with Gasteiger partial charge in [-0.3, -0.25) is 4.79 Å². The number of ketones is 1. The number of carbonyl (C=O) groups is 2. The van der Waals surface area contributed by atoms with Crippen molar-refractivity contribution in [2.45, 2.75) is 6.92 Å². The number of amides is 1. The van der Waals surface area contributed by atoms with Gasteiger partial charge in [0.2, 0.25) is 7.98 Å². The highest BCUT2D eigenvalue weighted by Gasteiger charge is 2.21. The number of benzene rings is 2. The average molecular weight is 297 g/mol. The quantitative estimate of drug-likeness (QED) is 0.558. The van der Waals surface area contributed by atoms with Gasteiger partial charge in [-0.05, 0) is 6.07 Å². The summed E-state index contributed by atoms with van der Waals surface area (Å²) in [5.74, 6) is -0.0609. The van der Waals surface area contributed by atoms with Gasteiger partial charge in [0.1, 0.15) is 0 Å². The highest BCUT2D eigenvalue weighted by molar-refractivity contribution is 6.15. The molecule has 0 saturated carbocycles. The molecule has 7 heteroatoms. The monoisotopic (exact) mass is 297 g/mol. The molecule has 0 aliphatic rings. The van der Waals surface area contributed by atoms with Crippen LogP contribution in [-0.2, 0) is 0 Å². The summed E-state index contributed by atoms with van der Waals surface area (Å²) in [6.07, 6.45) is -0.650. The fourth-order valence-electron chi connectivity index (χ4n) is 2.32. The molecule has 0 unspecified atom stereocenters. The zero-order valence-corrected chi connectivity index (χ0v) is 12.0. The Kier molecular flexibility index (Phi) is 3.25. The van der Waals surface area contributed by atoms with Gasteiger partial charge in [-0.2, -0.15) is 0 Å². The van der Waals surface area contributed by atoms with Gasteiger partial charge >= 0.3 is 6.09 Å². The van der Waals surface area contributed by atoms with Crippen LogP contribution in [0.4, 0.5) is 4.79 Å². The molecular formula is C15H12BNO5. The van der Waals surface area contributed by atoms with Gasteiger partial charge in [0, 0.05) is 17.7 Å². The number of rotatable bonds is 2. The SMILES string of the molecule is BNC(=O)Oc1c2ccccc2c(O)c2oc(C(C)=O)cc12. The third-order valence-corrected chi connectivity index (χ3v) is 3.36. The number of phenolic OH excluding ortho intramolecular Hbond substituents is 1. The van der Waals surface area contributed by atoms with Crippen molar-refractivity contribution >= 4 is 41.6 Å². The lowest BCUT2D eigenvalue weighted by molar-refractivity contribution is 0.0989. The van der Waals surface area contributed by atoms with Crippen LogP contribution in [0, 0.1) is 0 Å². The molecule has 2 N–H and O–H groups in total. The lowest BCUT2D eigenvalue weighted by atomic mass is 10.1. The Hall–Kier alpha value is -2.96. The summed E-state index contributed by atoms with van der Waals surface area (Å²) in [6, 6.07) is 8.36. The van der Waals surface area contributed by atoms with Crippen LogP contribution in [-0.4, -0.2) is 25.0 Å². The Balaban J connectivity index is 2.42. The van der Waals surface area contributed by atoms with Gasteiger partial charge < -0.3 is 19.5 Å². The molecule has 1 heterocycles. The van der Waals surface area contributed by atoms with E-state index in [1.807, 2.05) is 0 Å². The summed E-state index contributed by atoms with van der Waals surface area (Å²) >= 11 is 0. The van der Waals surface area contributed by atoms with Crippen LogP contribution in [0.3, 0.4) is 0 Å². The molecule has 2 aromatic carbocycles. The van der Waals surface area contributed by atoms with Gasteiger partial charge in [-0.1, -0.05) is 24.3 Å². The molecule has 6 nitrogen and oxygen atoms in total. The fraction of sp³-hybridized carbons (Fsp3) is 0.0667. The first kappa shape index (κ1) is 14.0. The third-order valence-electron chi connectivity index (χ3n) is 3.36. The molecule has 3 aromatic rings. The first-order valence-corrected chi connectivity index (χ1v) is 6.60. The summed E-state index contributed by atoms with van der Waals surface area (Å²) in [5.41, 5.74) is 0.114. The number of fused-ring (bicyclic) bond motifs is 2. The Bertz CT molecular complexity index is 915. The van der Waals surface area contributed by atoms with Crippen LogP contribution in [0.1, 0.15) is 17.5 Å². The van der Waals surface area contributed by atoms with E-state index in [2.05, 4.69) is 5.23 Å². The molecule has 0 fully saturated rings. The van der Waals surface area contributed by atoms with Gasteiger partial charge in [0.25, 0.3) is 0 Å². The smallest absolute Gasteiger partial charge is 0.399 e. The van der Waals surface area contributed by atoms with Crippen LogP contribution in [0.5, 0.6) is 11.5 Å². The van der Waals surface area contributed by atoms with E-state index >= 15 is 0 Å². The molecule has 0 atom stereocenters. The third kappa shape index (κ3) is 2.07. The van der Waals surface area contributed by atoms with Crippen molar-refractivity contribution in [2.75, 3.05) is 0 Å². The van der Waals surface area contributed by atoms with Gasteiger partial charge in [-0.15, -0.1) is 0 Å². The predicted octanol–water partition coefficient (Wildman–Crippen LogP) is 2.13. The summed E-state index contributed by atoms with van der Waals surface area (Å²) in [4.78, 5) is 23.1. The standard InChI is InChI=1S/C15H12BNO5/c1-7(18)11-6-10-13(22-15(20)17-16)9-5-3-2-4-8(9)12(19)14(10)21-11/h2-6,19H,16H2,1H3,(H,17,20). The Morgan fingerprint density at radius 1 is 1.23 bits per heavy atom. The van der Waals surface area contributed by atoms with Gasteiger partial charge in [-0.25, -0.2) is 4.79 Å². The van der Waals surface area contributed by atoms with Crippen LogP contribution >= 0.6 is 0 Å². The average Bonchev–Trinajstić information content (AvgIpc) is 2.97. The Labute approximate surface area is 126 Å². The van der Waals surface area contributed by atoms with E-state index in [9.17, 15) is 14.7 Å². The second kappa shape index (κ2) is 5.11. The number of carbonyl (C=O) groups excluding carboxylic acids is 2. The second-order valence-electron chi connectivity index (χ2n) is 4.77. The zero-order valence-electron chi connectivity index (χ0n) is 12.0. The number of phenols is 1. The molecule has 0 aliphatic heterocycles. The maximum absolute atomic E-state index is 11.6. The highest BCUT2D eigenvalue weighted by atomic mass is 16.6. The number of hydrogen-bond donors (Lipinski definition) is 2. The minimum atomic E-state index is -0.650. The fourth-order valence-corrected chi connectivity index (χ4v) is 2.32. The van der Waals surface area contributed by atoms with E-state index < -0.39 is 6.09 Å². The summed E-state index contributed by atoms with van der Waals surface area (Å²) in [7, 11) is 1.44. The van der Waals surface area contributed by atoms with Crippen molar-refractivity contribution in [3.8, 4) is 11.5 Å². The molecule has 110 valence electrons. The molecule has 0 radical (unpaired) electrons. The summed E-state index contributed by atoms with van der Waals surface area (Å²) < 4.78 is 10.7. The van der Waals surface area contributed by atoms with E-state index in [4.69, 9.17) is 9.15 Å². The number of nitrogens with one attached hydrogen (secondary N) is 1. The van der Waals surface area contributed by atoms with E-state index in [0.29, 0.717) is 16.2 Å². The lowest BCUT2D eigenvalue weighted by Gasteiger charge is -2.10. The number of ether oxygens (including phenoxy) is 1. The number of Topliss-reactive ketones (excluding diaryl/α,β-unsaturated/α-hetero) is 1. The molecule has 0 saturated heterocycles. The minimum Gasteiger partial charge on any atom is -0.504 e. The highest BCUT2D eigenvalue weighted by Crippen LogP contribution is 2.43. The first-order valence-electron chi connectivity index (χ1n) is 6.60. The zero-order chi connectivity index (χ0) is 15.9. The Morgan fingerprint density at radius 3 is 2.55 bits per heavy atom. The van der Waals surface area contributed by atoms with Crippen LogP contribution in [0.15, 0.2) is 34.7 Å². The molecule has 0 spiro atoms. The maximum Gasteiger partial charge on any atom is 0.399 e. The maximum atomic E-state index is 11.6. The van der Waals surface area contributed by atoms with E-state index in [1.165, 1.54) is 21.0 Å². The van der Waals surface area contributed by atoms with Crippen LogP contribution < -0.4 is 9.96 Å².